The summed E-state index contributed by atoms with van der Waals surface area (Å²) in [6.45, 7) is 3.72. The first-order valence-electron chi connectivity index (χ1n) is 14.9. The second kappa shape index (κ2) is 17.4. The van der Waals surface area contributed by atoms with Gasteiger partial charge in [0.15, 0.2) is 12.6 Å². The van der Waals surface area contributed by atoms with E-state index in [9.17, 15) is 9.90 Å². The van der Waals surface area contributed by atoms with Gasteiger partial charge in [-0.05, 0) is 70.1 Å². The number of hydrogen-bond acceptors (Lipinski definition) is 6. The summed E-state index contributed by atoms with van der Waals surface area (Å²) in [5.41, 5.74) is 0. The number of hydrogen-bond donors (Lipinski definition) is 2. The fourth-order valence-corrected chi connectivity index (χ4v) is 5.82. The largest absolute Gasteiger partial charge is 0.478 e. The molecule has 2 heterocycles. The van der Waals surface area contributed by atoms with Crippen LogP contribution in [0, 0.1) is 11.8 Å². The average Bonchev–Trinajstić information content (AvgIpc) is 3.19. The topological polar surface area (TPSA) is 94.5 Å². The highest BCUT2D eigenvalue weighted by Crippen LogP contribution is 2.40. The second-order valence-electron chi connectivity index (χ2n) is 10.9. The summed E-state index contributed by atoms with van der Waals surface area (Å²) < 4.78 is 24.5. The van der Waals surface area contributed by atoms with Crippen LogP contribution in [0.25, 0.3) is 0 Å². The summed E-state index contributed by atoms with van der Waals surface area (Å²) in [7, 11) is 0. The van der Waals surface area contributed by atoms with Crippen molar-refractivity contribution in [2.75, 3.05) is 13.2 Å². The Kier molecular flexibility index (Phi) is 14.2. The smallest absolute Gasteiger partial charge is 0.327 e. The van der Waals surface area contributed by atoms with Gasteiger partial charge < -0.3 is 29.2 Å². The minimum absolute atomic E-state index is 0.00713. The Balaban J connectivity index is 1.63. The molecular formula is C30H50O7. The summed E-state index contributed by atoms with van der Waals surface area (Å²) in [6.07, 6.45) is 21.4. The Morgan fingerprint density at radius 2 is 1.78 bits per heavy atom. The standard InChI is InChI=1S/C30H50O7/c1-2-3-6-13-23(36-29-16-9-11-20-34-29)18-19-24-25(14-7-4-5-8-15-28(32)33)27(22-26(24)31)37-30-17-10-12-21-35-30/h8,15,18-19,23-27,29-31H,2-7,9-14,16-17,20-22H2,1H3,(H,32,33)/t23-,24+,25+,26+,27-,29?,30?/m0/s1. The molecule has 7 heteroatoms. The fourth-order valence-electron chi connectivity index (χ4n) is 5.82. The van der Waals surface area contributed by atoms with Crippen LogP contribution in [0.4, 0.5) is 0 Å². The van der Waals surface area contributed by atoms with Crippen molar-refractivity contribution in [2.45, 2.75) is 134 Å². The molecule has 2 saturated heterocycles. The van der Waals surface area contributed by atoms with Crippen molar-refractivity contribution >= 4 is 5.97 Å². The minimum atomic E-state index is -0.903. The maximum absolute atomic E-state index is 11.1. The van der Waals surface area contributed by atoms with Gasteiger partial charge in [0.05, 0.1) is 18.3 Å². The number of carboxylic acids is 1. The van der Waals surface area contributed by atoms with Crippen molar-refractivity contribution in [2.24, 2.45) is 11.8 Å². The number of ether oxygens (including phenoxy) is 4. The zero-order valence-electron chi connectivity index (χ0n) is 22.8. The fraction of sp³-hybridized carbons (Fsp3) is 0.833. The summed E-state index contributed by atoms with van der Waals surface area (Å²) in [5, 5.41) is 19.9. The van der Waals surface area contributed by atoms with E-state index >= 15 is 0 Å². The Morgan fingerprint density at radius 3 is 2.46 bits per heavy atom. The second-order valence-corrected chi connectivity index (χ2v) is 10.9. The Bertz CT molecular complexity index is 681. The van der Waals surface area contributed by atoms with Crippen LogP contribution >= 0.6 is 0 Å². The molecule has 0 spiro atoms. The van der Waals surface area contributed by atoms with Crippen LogP contribution in [0.15, 0.2) is 24.3 Å². The molecule has 3 rings (SSSR count). The van der Waals surface area contributed by atoms with Crippen LogP contribution in [-0.4, -0.2) is 60.3 Å². The highest BCUT2D eigenvalue weighted by Gasteiger charge is 2.42. The average molecular weight is 523 g/mol. The van der Waals surface area contributed by atoms with Gasteiger partial charge in [0.1, 0.15) is 0 Å². The van der Waals surface area contributed by atoms with Gasteiger partial charge in [0.2, 0.25) is 0 Å². The van der Waals surface area contributed by atoms with Crippen LogP contribution in [-0.2, 0) is 23.7 Å². The molecule has 0 amide bonds. The van der Waals surface area contributed by atoms with E-state index < -0.39 is 12.1 Å². The van der Waals surface area contributed by atoms with E-state index in [4.69, 9.17) is 24.1 Å². The molecule has 7 nitrogen and oxygen atoms in total. The molecule has 0 bridgehead atoms. The van der Waals surface area contributed by atoms with Gasteiger partial charge >= 0.3 is 5.97 Å². The third kappa shape index (κ3) is 11.2. The van der Waals surface area contributed by atoms with Crippen LogP contribution in [0.5, 0.6) is 0 Å². The highest BCUT2D eigenvalue weighted by molar-refractivity contribution is 5.79. The number of rotatable bonds is 16. The van der Waals surface area contributed by atoms with Crippen LogP contribution in [0.2, 0.25) is 0 Å². The molecule has 2 N–H and O–H groups in total. The van der Waals surface area contributed by atoms with Crippen molar-refractivity contribution in [1.29, 1.82) is 0 Å². The number of aliphatic carboxylic acids is 1. The Morgan fingerprint density at radius 1 is 1.03 bits per heavy atom. The van der Waals surface area contributed by atoms with Gasteiger partial charge in [-0.15, -0.1) is 0 Å². The summed E-state index contributed by atoms with van der Waals surface area (Å²) in [6, 6.07) is 0. The van der Waals surface area contributed by atoms with E-state index in [-0.39, 0.29) is 36.6 Å². The van der Waals surface area contributed by atoms with Gasteiger partial charge in [-0.2, -0.15) is 0 Å². The zero-order valence-corrected chi connectivity index (χ0v) is 22.8. The Labute approximate surface area is 223 Å². The van der Waals surface area contributed by atoms with Crippen molar-refractivity contribution < 1.29 is 34.0 Å². The first kappa shape index (κ1) is 30.3. The molecule has 1 aliphatic carbocycles. The van der Waals surface area contributed by atoms with E-state index in [1.807, 2.05) is 0 Å². The molecule has 3 fully saturated rings. The quantitative estimate of drug-likeness (QED) is 0.143. The monoisotopic (exact) mass is 522 g/mol. The molecule has 0 radical (unpaired) electrons. The molecule has 2 aliphatic heterocycles. The summed E-state index contributed by atoms with van der Waals surface area (Å²) >= 11 is 0. The van der Waals surface area contributed by atoms with Crippen LogP contribution < -0.4 is 0 Å². The number of aliphatic hydroxyl groups excluding tert-OH is 1. The lowest BCUT2D eigenvalue weighted by molar-refractivity contribution is -0.196. The maximum Gasteiger partial charge on any atom is 0.327 e. The van der Waals surface area contributed by atoms with E-state index in [2.05, 4.69) is 19.1 Å². The zero-order chi connectivity index (χ0) is 26.3. The molecule has 1 saturated carbocycles. The third-order valence-electron chi connectivity index (χ3n) is 7.88. The number of aliphatic hydroxyl groups is 1. The molecule has 2 unspecified atom stereocenters. The number of carboxylic acid groups (broad SMARTS) is 1. The highest BCUT2D eigenvalue weighted by atomic mass is 16.7. The molecule has 0 aromatic rings. The van der Waals surface area contributed by atoms with Crippen molar-refractivity contribution in [3.8, 4) is 0 Å². The van der Waals surface area contributed by atoms with Gasteiger partial charge in [-0.3, -0.25) is 0 Å². The number of unbranched alkanes of at least 4 members (excludes halogenated alkanes) is 4. The van der Waals surface area contributed by atoms with E-state index in [1.54, 1.807) is 6.08 Å². The predicted octanol–water partition coefficient (Wildman–Crippen LogP) is 6.14. The summed E-state index contributed by atoms with van der Waals surface area (Å²) in [5.74, 6) is -0.699. The van der Waals surface area contributed by atoms with E-state index in [1.165, 1.54) is 18.9 Å². The molecule has 7 atom stereocenters. The first-order chi connectivity index (χ1) is 18.1. The van der Waals surface area contributed by atoms with E-state index in [0.29, 0.717) is 6.42 Å². The summed E-state index contributed by atoms with van der Waals surface area (Å²) in [4.78, 5) is 10.7. The lowest BCUT2D eigenvalue weighted by Gasteiger charge is -2.30. The van der Waals surface area contributed by atoms with E-state index in [0.717, 1.165) is 90.3 Å². The molecular weight excluding hydrogens is 472 g/mol. The van der Waals surface area contributed by atoms with Crippen molar-refractivity contribution in [1.82, 2.24) is 0 Å². The first-order valence-corrected chi connectivity index (χ1v) is 14.9. The lowest BCUT2D eigenvalue weighted by atomic mass is 9.87. The van der Waals surface area contributed by atoms with Gasteiger partial charge in [0.25, 0.3) is 0 Å². The SMILES string of the molecule is CCCCC[C@@H](C=C[C@@H]1[C@@H](CCCCC=CC(=O)O)[C@@H](OC2CCCCO2)C[C@H]1O)OC1CCCCO1. The van der Waals surface area contributed by atoms with Crippen molar-refractivity contribution in [3.05, 3.63) is 24.3 Å². The lowest BCUT2D eigenvalue weighted by Crippen LogP contribution is -2.31. The van der Waals surface area contributed by atoms with Crippen LogP contribution in [0.1, 0.15) is 103 Å². The van der Waals surface area contributed by atoms with Gasteiger partial charge in [0, 0.05) is 31.6 Å². The number of allylic oxidation sites excluding steroid dienone is 1. The van der Waals surface area contributed by atoms with Gasteiger partial charge in [-0.1, -0.05) is 50.8 Å². The normalized spacial score (nSPS) is 31.8. The van der Waals surface area contributed by atoms with Crippen LogP contribution in [0.3, 0.4) is 0 Å². The molecule has 0 aromatic heterocycles. The number of carbonyl (C=O) groups is 1. The molecule has 37 heavy (non-hydrogen) atoms. The maximum atomic E-state index is 11.1. The van der Waals surface area contributed by atoms with Crippen molar-refractivity contribution in [3.63, 3.8) is 0 Å². The molecule has 212 valence electrons. The predicted molar refractivity (Wildman–Crippen MR) is 143 cm³/mol. The third-order valence-corrected chi connectivity index (χ3v) is 7.88. The molecule has 3 aliphatic rings. The minimum Gasteiger partial charge on any atom is -0.478 e. The van der Waals surface area contributed by atoms with Gasteiger partial charge in [-0.25, -0.2) is 4.79 Å². The molecule has 0 aromatic carbocycles. The Hall–Kier alpha value is -1.25.